The molecule has 2 aromatic rings. The number of alkyl halides is 1. The van der Waals surface area contributed by atoms with Crippen LogP contribution < -0.4 is 4.90 Å². The Morgan fingerprint density at radius 1 is 1.15 bits per heavy atom. The van der Waals surface area contributed by atoms with E-state index in [4.69, 9.17) is 0 Å². The maximum absolute atomic E-state index is 15.9. The van der Waals surface area contributed by atoms with Gasteiger partial charge in [0.05, 0.1) is 12.8 Å². The lowest BCUT2D eigenvalue weighted by Gasteiger charge is -2.32. The van der Waals surface area contributed by atoms with Crippen LogP contribution in [0.3, 0.4) is 0 Å². The van der Waals surface area contributed by atoms with Gasteiger partial charge in [0.1, 0.15) is 11.6 Å². The predicted octanol–water partition coefficient (Wildman–Crippen LogP) is 6.35. The van der Waals surface area contributed by atoms with Gasteiger partial charge in [0.15, 0.2) is 0 Å². The van der Waals surface area contributed by atoms with E-state index < -0.39 is 35.7 Å². The fourth-order valence-corrected chi connectivity index (χ4v) is 5.33. The van der Waals surface area contributed by atoms with Crippen molar-refractivity contribution in [2.45, 2.75) is 32.0 Å². The summed E-state index contributed by atoms with van der Waals surface area (Å²) in [6.45, 7) is 0. The van der Waals surface area contributed by atoms with E-state index in [1.807, 2.05) is 0 Å². The van der Waals surface area contributed by atoms with E-state index in [2.05, 4.69) is 20.7 Å². The van der Waals surface area contributed by atoms with Gasteiger partial charge < -0.3 is 4.74 Å². The van der Waals surface area contributed by atoms with Gasteiger partial charge in [-0.15, -0.1) is 0 Å². The number of methoxy groups -OCH3 is 1. The fraction of sp³-hybridized carbons (Fsp3) is 0.360. The van der Waals surface area contributed by atoms with Gasteiger partial charge in [0.25, 0.3) is 0 Å². The van der Waals surface area contributed by atoms with Gasteiger partial charge in [-0.3, -0.25) is 9.69 Å². The van der Waals surface area contributed by atoms with Crippen LogP contribution >= 0.6 is 15.9 Å². The molecule has 0 spiro atoms. The van der Waals surface area contributed by atoms with Crippen molar-refractivity contribution in [3.05, 3.63) is 69.7 Å². The standard InChI is InChI=1S/C25H23BrF3NO3/c1-33-23(31)7-3-15-9-18(27)13-19(10-15)30(24(29)20-6-5-17(26)12-22(20)28)25(32)21-11-14-2-4-16(21)8-14/h3,5-7,9-10,12-14,16,21,24H,2,4,8,11H2,1H3/b7-3+. The zero-order valence-electron chi connectivity index (χ0n) is 17.9. The molecule has 4 rings (SSSR count). The van der Waals surface area contributed by atoms with Gasteiger partial charge in [-0.05, 0) is 73.1 Å². The molecular formula is C25H23BrF3NO3. The lowest BCUT2D eigenvalue weighted by molar-refractivity contribution is -0.134. The van der Waals surface area contributed by atoms with Crippen molar-refractivity contribution >= 4 is 39.6 Å². The minimum absolute atomic E-state index is 0.0397. The molecule has 174 valence electrons. The van der Waals surface area contributed by atoms with Crippen LogP contribution in [0.15, 0.2) is 46.9 Å². The Balaban J connectivity index is 1.75. The summed E-state index contributed by atoms with van der Waals surface area (Å²) < 4.78 is 50.0. The van der Waals surface area contributed by atoms with E-state index in [-0.39, 0.29) is 22.7 Å². The number of carbonyl (C=O) groups excluding carboxylic acids is 2. The Labute approximate surface area is 198 Å². The molecule has 0 aliphatic heterocycles. The van der Waals surface area contributed by atoms with Crippen molar-refractivity contribution < 1.29 is 27.5 Å². The molecule has 2 bridgehead atoms. The van der Waals surface area contributed by atoms with Crippen molar-refractivity contribution in [2.75, 3.05) is 12.0 Å². The zero-order chi connectivity index (χ0) is 23.7. The monoisotopic (exact) mass is 521 g/mol. The molecule has 4 nitrogen and oxygen atoms in total. The highest BCUT2D eigenvalue weighted by Gasteiger charge is 2.46. The molecule has 2 fully saturated rings. The molecule has 2 saturated carbocycles. The highest BCUT2D eigenvalue weighted by molar-refractivity contribution is 9.10. The zero-order valence-corrected chi connectivity index (χ0v) is 19.5. The average molecular weight is 522 g/mol. The van der Waals surface area contributed by atoms with E-state index in [0.29, 0.717) is 16.8 Å². The Bertz CT molecular complexity index is 1110. The van der Waals surface area contributed by atoms with Gasteiger partial charge in [0, 0.05) is 22.0 Å². The number of ether oxygens (including phenoxy) is 1. The number of hydrogen-bond donors (Lipinski definition) is 0. The summed E-state index contributed by atoms with van der Waals surface area (Å²) in [5.41, 5.74) is -0.114. The van der Waals surface area contributed by atoms with Crippen molar-refractivity contribution in [3.8, 4) is 0 Å². The van der Waals surface area contributed by atoms with Crippen LogP contribution in [-0.2, 0) is 14.3 Å². The number of nitrogens with zero attached hydrogens (tertiary/aromatic N) is 1. The molecule has 0 heterocycles. The first-order valence-electron chi connectivity index (χ1n) is 10.8. The number of rotatable bonds is 6. The van der Waals surface area contributed by atoms with E-state index in [1.165, 1.54) is 31.4 Å². The molecule has 2 aliphatic carbocycles. The van der Waals surface area contributed by atoms with Gasteiger partial charge in [0.2, 0.25) is 12.2 Å². The third-order valence-electron chi connectivity index (χ3n) is 6.53. The number of carbonyl (C=O) groups is 2. The van der Waals surface area contributed by atoms with Crippen LogP contribution in [0.1, 0.15) is 43.1 Å². The summed E-state index contributed by atoms with van der Waals surface area (Å²) in [6, 6.07) is 7.47. The van der Waals surface area contributed by atoms with Crippen LogP contribution in [-0.4, -0.2) is 19.0 Å². The van der Waals surface area contributed by atoms with Gasteiger partial charge in [-0.1, -0.05) is 28.4 Å². The van der Waals surface area contributed by atoms with Gasteiger partial charge in [-0.2, -0.15) is 0 Å². The first kappa shape index (κ1) is 23.5. The first-order valence-corrected chi connectivity index (χ1v) is 11.5. The van der Waals surface area contributed by atoms with Crippen molar-refractivity contribution in [2.24, 2.45) is 17.8 Å². The summed E-state index contributed by atoms with van der Waals surface area (Å²) in [5.74, 6) is -2.46. The second kappa shape index (κ2) is 9.71. The Morgan fingerprint density at radius 3 is 2.58 bits per heavy atom. The minimum Gasteiger partial charge on any atom is -0.466 e. The molecule has 4 atom stereocenters. The summed E-state index contributed by atoms with van der Waals surface area (Å²) in [4.78, 5) is 25.9. The summed E-state index contributed by atoms with van der Waals surface area (Å²) in [5, 5.41) is 0. The molecule has 8 heteroatoms. The van der Waals surface area contributed by atoms with E-state index in [1.54, 1.807) is 0 Å². The number of anilines is 1. The maximum Gasteiger partial charge on any atom is 0.330 e. The number of fused-ring (bicyclic) bond motifs is 2. The topological polar surface area (TPSA) is 46.6 Å². The number of halogens is 4. The van der Waals surface area contributed by atoms with Crippen molar-refractivity contribution in [1.82, 2.24) is 0 Å². The normalized spacial score (nSPS) is 22.5. The van der Waals surface area contributed by atoms with E-state index in [9.17, 15) is 18.4 Å². The summed E-state index contributed by atoms with van der Waals surface area (Å²) >= 11 is 3.15. The average Bonchev–Trinajstić information content (AvgIpc) is 3.41. The van der Waals surface area contributed by atoms with Crippen molar-refractivity contribution in [3.63, 3.8) is 0 Å². The predicted molar refractivity (Wildman–Crippen MR) is 122 cm³/mol. The molecule has 0 aromatic heterocycles. The second-order valence-corrected chi connectivity index (χ2v) is 9.51. The van der Waals surface area contributed by atoms with E-state index >= 15 is 4.39 Å². The van der Waals surface area contributed by atoms with Gasteiger partial charge in [-0.25, -0.2) is 18.0 Å². The van der Waals surface area contributed by atoms with Crippen LogP contribution in [0.4, 0.5) is 18.9 Å². The Kier molecular flexibility index (Phi) is 6.93. The van der Waals surface area contributed by atoms with Crippen LogP contribution in [0.25, 0.3) is 6.08 Å². The third-order valence-corrected chi connectivity index (χ3v) is 7.03. The largest absolute Gasteiger partial charge is 0.466 e. The fourth-order valence-electron chi connectivity index (χ4n) is 4.99. The highest BCUT2D eigenvalue weighted by atomic mass is 79.9. The highest BCUT2D eigenvalue weighted by Crippen LogP contribution is 2.50. The molecule has 4 unspecified atom stereocenters. The molecule has 1 amide bonds. The second-order valence-electron chi connectivity index (χ2n) is 8.59. The van der Waals surface area contributed by atoms with Crippen LogP contribution in [0, 0.1) is 29.4 Å². The van der Waals surface area contributed by atoms with Crippen molar-refractivity contribution in [1.29, 1.82) is 0 Å². The minimum atomic E-state index is -2.15. The lowest BCUT2D eigenvalue weighted by Crippen LogP contribution is -2.40. The quantitative estimate of drug-likeness (QED) is 0.252. The molecule has 2 aromatic carbocycles. The molecular weight excluding hydrogens is 499 g/mol. The summed E-state index contributed by atoms with van der Waals surface area (Å²) in [6.07, 6.45) is 3.79. The van der Waals surface area contributed by atoms with Crippen LogP contribution in [0.5, 0.6) is 0 Å². The van der Waals surface area contributed by atoms with Gasteiger partial charge >= 0.3 is 5.97 Å². The lowest BCUT2D eigenvalue weighted by atomic mass is 9.87. The third kappa shape index (κ3) is 5.00. The molecule has 0 radical (unpaired) electrons. The number of amides is 1. The molecule has 0 saturated heterocycles. The number of benzene rings is 2. The smallest absolute Gasteiger partial charge is 0.330 e. The number of hydrogen-bond acceptors (Lipinski definition) is 3. The van der Waals surface area contributed by atoms with Crippen LogP contribution in [0.2, 0.25) is 0 Å². The maximum atomic E-state index is 15.9. The van der Waals surface area contributed by atoms with E-state index in [0.717, 1.165) is 48.4 Å². The first-order chi connectivity index (χ1) is 15.8. The number of esters is 1. The SMILES string of the molecule is COC(=O)/C=C/c1cc(F)cc(N(C(=O)C2CC3CCC2C3)C(F)c2ccc(Br)cc2F)c1. The molecule has 0 N–H and O–H groups in total. The Morgan fingerprint density at radius 2 is 1.94 bits per heavy atom. The molecule has 2 aliphatic rings. The molecule has 33 heavy (non-hydrogen) atoms. The summed E-state index contributed by atoms with van der Waals surface area (Å²) in [7, 11) is 1.21. The Hall–Kier alpha value is -2.61.